The maximum absolute atomic E-state index is 13.0. The first-order valence-electron chi connectivity index (χ1n) is 10.3. The second-order valence-corrected chi connectivity index (χ2v) is 7.67. The molecule has 2 fully saturated rings. The van der Waals surface area contributed by atoms with Gasteiger partial charge in [-0.05, 0) is 17.7 Å². The monoisotopic (exact) mass is 392 g/mol. The molecule has 0 aromatic heterocycles. The molecular formula is C23H28N4O2. The average molecular weight is 393 g/mol. The smallest absolute Gasteiger partial charge is 0.237 e. The highest BCUT2D eigenvalue weighted by molar-refractivity contribution is 5.89. The van der Waals surface area contributed by atoms with Crippen LogP contribution >= 0.6 is 0 Å². The van der Waals surface area contributed by atoms with Crippen molar-refractivity contribution >= 4 is 17.5 Å². The summed E-state index contributed by atoms with van der Waals surface area (Å²) in [7, 11) is 0. The summed E-state index contributed by atoms with van der Waals surface area (Å²) in [6.07, 6.45) is 0.240. The molecule has 4 rings (SSSR count). The van der Waals surface area contributed by atoms with Crippen molar-refractivity contribution in [3.8, 4) is 0 Å². The summed E-state index contributed by atoms with van der Waals surface area (Å²) in [4.78, 5) is 31.8. The minimum absolute atomic E-state index is 0.0385. The van der Waals surface area contributed by atoms with Crippen LogP contribution in [-0.4, -0.2) is 66.9 Å². The van der Waals surface area contributed by atoms with Gasteiger partial charge in [-0.1, -0.05) is 48.5 Å². The minimum atomic E-state index is -0.399. The number of amides is 2. The molecule has 0 bridgehead atoms. The van der Waals surface area contributed by atoms with Crippen LogP contribution < -0.4 is 10.2 Å². The fraction of sp³-hybridized carbons (Fsp3) is 0.391. The van der Waals surface area contributed by atoms with E-state index in [1.165, 1.54) is 5.69 Å². The number of benzene rings is 2. The van der Waals surface area contributed by atoms with Crippen molar-refractivity contribution in [3.63, 3.8) is 0 Å². The van der Waals surface area contributed by atoms with Crippen LogP contribution in [0.4, 0.5) is 5.69 Å². The van der Waals surface area contributed by atoms with E-state index in [9.17, 15) is 9.59 Å². The van der Waals surface area contributed by atoms with Crippen molar-refractivity contribution < 1.29 is 9.59 Å². The molecule has 2 aromatic rings. The molecule has 0 saturated carbocycles. The van der Waals surface area contributed by atoms with Crippen LogP contribution in [0.3, 0.4) is 0 Å². The first kappa shape index (κ1) is 19.5. The molecule has 6 heteroatoms. The largest absolute Gasteiger partial charge is 0.368 e. The van der Waals surface area contributed by atoms with E-state index < -0.39 is 6.04 Å². The Bertz CT molecular complexity index is 819. The summed E-state index contributed by atoms with van der Waals surface area (Å²) in [6, 6.07) is 20.0. The third-order valence-electron chi connectivity index (χ3n) is 5.79. The highest BCUT2D eigenvalue weighted by Crippen LogP contribution is 2.18. The molecule has 0 unspecified atom stereocenters. The zero-order chi connectivity index (χ0) is 20.1. The van der Waals surface area contributed by atoms with Gasteiger partial charge in [-0.15, -0.1) is 0 Å². The number of anilines is 1. The Kier molecular flexibility index (Phi) is 6.10. The topological polar surface area (TPSA) is 55.9 Å². The number of rotatable bonds is 5. The van der Waals surface area contributed by atoms with E-state index in [1.807, 2.05) is 41.3 Å². The van der Waals surface area contributed by atoms with Crippen molar-refractivity contribution in [1.29, 1.82) is 0 Å². The van der Waals surface area contributed by atoms with Gasteiger partial charge in [0.2, 0.25) is 11.8 Å². The Morgan fingerprint density at radius 3 is 2.24 bits per heavy atom. The summed E-state index contributed by atoms with van der Waals surface area (Å²) in [5.74, 6) is 0.0290. The van der Waals surface area contributed by atoms with Crippen LogP contribution in [0.25, 0.3) is 0 Å². The van der Waals surface area contributed by atoms with Crippen LogP contribution in [0, 0.1) is 0 Å². The Labute approximate surface area is 172 Å². The van der Waals surface area contributed by atoms with Crippen molar-refractivity contribution in [3.05, 3.63) is 66.2 Å². The van der Waals surface area contributed by atoms with Gasteiger partial charge in [-0.25, -0.2) is 0 Å². The first-order chi connectivity index (χ1) is 14.2. The average Bonchev–Trinajstić information content (AvgIpc) is 2.77. The standard InChI is InChI=1S/C23H28N4O2/c28-22(26-15-13-25(14-16-26)20-9-5-2-6-10-20)17-21-23(29)24-11-12-27(21)18-19-7-3-1-4-8-19/h1-10,21H,11-18H2,(H,24,29)/t21-/m1/s1. The highest BCUT2D eigenvalue weighted by atomic mass is 16.2. The van der Waals surface area contributed by atoms with E-state index in [-0.39, 0.29) is 18.2 Å². The minimum Gasteiger partial charge on any atom is -0.368 e. The van der Waals surface area contributed by atoms with Crippen LogP contribution in [0.5, 0.6) is 0 Å². The van der Waals surface area contributed by atoms with Gasteiger partial charge in [-0.3, -0.25) is 14.5 Å². The fourth-order valence-electron chi connectivity index (χ4n) is 4.14. The maximum Gasteiger partial charge on any atom is 0.237 e. The van der Waals surface area contributed by atoms with Gasteiger partial charge in [0.05, 0.1) is 12.5 Å². The van der Waals surface area contributed by atoms with Crippen molar-refractivity contribution in [2.24, 2.45) is 0 Å². The van der Waals surface area contributed by atoms with E-state index in [4.69, 9.17) is 0 Å². The van der Waals surface area contributed by atoms with E-state index in [0.717, 1.165) is 25.2 Å². The van der Waals surface area contributed by atoms with Crippen LogP contribution in [0.15, 0.2) is 60.7 Å². The molecule has 6 nitrogen and oxygen atoms in total. The van der Waals surface area contributed by atoms with Gasteiger partial charge in [0.1, 0.15) is 0 Å². The predicted octanol–water partition coefficient (Wildman–Crippen LogP) is 1.73. The summed E-state index contributed by atoms with van der Waals surface area (Å²) in [5, 5.41) is 2.93. The van der Waals surface area contributed by atoms with Crippen LogP contribution in [0.2, 0.25) is 0 Å². The molecular weight excluding hydrogens is 364 g/mol. The van der Waals surface area contributed by atoms with Crippen LogP contribution in [-0.2, 0) is 16.1 Å². The zero-order valence-electron chi connectivity index (χ0n) is 16.7. The summed E-state index contributed by atoms with van der Waals surface area (Å²) in [5.41, 5.74) is 2.36. The van der Waals surface area contributed by atoms with Gasteiger partial charge < -0.3 is 15.1 Å². The first-order valence-corrected chi connectivity index (χ1v) is 10.3. The number of hydrogen-bond donors (Lipinski definition) is 1. The molecule has 0 aliphatic carbocycles. The highest BCUT2D eigenvalue weighted by Gasteiger charge is 2.33. The molecule has 2 aliphatic rings. The van der Waals surface area contributed by atoms with Gasteiger partial charge in [0.15, 0.2) is 0 Å². The van der Waals surface area contributed by atoms with Crippen molar-refractivity contribution in [2.45, 2.75) is 19.0 Å². The second-order valence-electron chi connectivity index (χ2n) is 7.67. The zero-order valence-corrected chi connectivity index (χ0v) is 16.7. The number of carbonyl (C=O) groups excluding carboxylic acids is 2. The number of hydrogen-bond acceptors (Lipinski definition) is 4. The Morgan fingerprint density at radius 2 is 1.55 bits per heavy atom. The molecule has 0 spiro atoms. The Morgan fingerprint density at radius 1 is 0.897 bits per heavy atom. The SMILES string of the molecule is O=C1NCCN(Cc2ccccc2)[C@@H]1CC(=O)N1CCN(c2ccccc2)CC1. The molecule has 29 heavy (non-hydrogen) atoms. The quantitative estimate of drug-likeness (QED) is 0.842. The summed E-state index contributed by atoms with van der Waals surface area (Å²) in [6.45, 7) is 5.11. The molecule has 152 valence electrons. The fourth-order valence-corrected chi connectivity index (χ4v) is 4.14. The lowest BCUT2D eigenvalue weighted by molar-refractivity contribution is -0.139. The molecule has 2 aliphatic heterocycles. The number of nitrogens with one attached hydrogen (secondary N) is 1. The van der Waals surface area contributed by atoms with E-state index in [1.54, 1.807) is 0 Å². The van der Waals surface area contributed by atoms with Crippen LogP contribution in [0.1, 0.15) is 12.0 Å². The summed E-state index contributed by atoms with van der Waals surface area (Å²) >= 11 is 0. The van der Waals surface area contributed by atoms with E-state index in [0.29, 0.717) is 26.2 Å². The lowest BCUT2D eigenvalue weighted by atomic mass is 10.1. The summed E-state index contributed by atoms with van der Waals surface area (Å²) < 4.78 is 0. The predicted molar refractivity (Wildman–Crippen MR) is 114 cm³/mol. The van der Waals surface area contributed by atoms with E-state index >= 15 is 0 Å². The normalized spacial score (nSPS) is 20.4. The number of carbonyl (C=O) groups is 2. The number of piperazine rings is 2. The molecule has 1 atom stereocenters. The molecule has 2 saturated heterocycles. The Balaban J connectivity index is 1.35. The number of para-hydroxylation sites is 1. The molecule has 1 N–H and O–H groups in total. The maximum atomic E-state index is 13.0. The second kappa shape index (κ2) is 9.09. The molecule has 0 radical (unpaired) electrons. The lowest BCUT2D eigenvalue weighted by Crippen LogP contribution is -2.57. The molecule has 2 amide bonds. The lowest BCUT2D eigenvalue weighted by Gasteiger charge is -2.38. The third-order valence-corrected chi connectivity index (χ3v) is 5.79. The molecule has 2 aromatic carbocycles. The van der Waals surface area contributed by atoms with Gasteiger partial charge >= 0.3 is 0 Å². The number of nitrogens with zero attached hydrogens (tertiary/aromatic N) is 3. The van der Waals surface area contributed by atoms with E-state index in [2.05, 4.69) is 39.4 Å². The molecule has 2 heterocycles. The van der Waals surface area contributed by atoms with Gasteiger partial charge in [0, 0.05) is 51.5 Å². The van der Waals surface area contributed by atoms with Gasteiger partial charge in [0.25, 0.3) is 0 Å². The van der Waals surface area contributed by atoms with Crippen molar-refractivity contribution in [2.75, 3.05) is 44.2 Å². The van der Waals surface area contributed by atoms with Crippen molar-refractivity contribution in [1.82, 2.24) is 15.1 Å². The third kappa shape index (κ3) is 4.77. The Hall–Kier alpha value is -2.86. The van der Waals surface area contributed by atoms with Gasteiger partial charge in [-0.2, -0.15) is 0 Å².